The quantitative estimate of drug-likeness (QED) is 0.665. The maximum Gasteiger partial charge on any atom is 0.0237 e. The maximum atomic E-state index is 3.81. The molecule has 1 unspecified atom stereocenters. The smallest absolute Gasteiger partial charge is 0.0237 e. The molecule has 0 N–H and O–H groups in total. The zero-order valence-electron chi connectivity index (χ0n) is 9.56. The van der Waals surface area contributed by atoms with Crippen LogP contribution in [0.2, 0.25) is 0 Å². The lowest BCUT2D eigenvalue weighted by atomic mass is 9.84. The molecule has 0 spiro atoms. The van der Waals surface area contributed by atoms with Crippen LogP contribution < -0.4 is 0 Å². The second-order valence-corrected chi connectivity index (χ2v) is 6.66. The Bertz CT molecular complexity index is 318. The zero-order chi connectivity index (χ0) is 11.5. The van der Waals surface area contributed by atoms with E-state index in [1.165, 1.54) is 12.0 Å². The van der Waals surface area contributed by atoms with Gasteiger partial charge < -0.3 is 0 Å². The van der Waals surface area contributed by atoms with Crippen molar-refractivity contribution in [2.24, 2.45) is 5.41 Å². The third-order valence-corrected chi connectivity index (χ3v) is 5.12. The second kappa shape index (κ2) is 5.49. The van der Waals surface area contributed by atoms with Crippen LogP contribution in [0.5, 0.6) is 0 Å². The number of benzene rings is 1. The first-order chi connectivity index (χ1) is 6.95. The van der Waals surface area contributed by atoms with Crippen LogP contribution in [0.3, 0.4) is 0 Å². The Morgan fingerprint density at radius 3 is 2.53 bits per heavy atom. The molecule has 0 saturated heterocycles. The van der Waals surface area contributed by atoms with Crippen LogP contribution in [0.1, 0.15) is 32.8 Å². The summed E-state index contributed by atoms with van der Waals surface area (Å²) < 4.78 is 1.16. The van der Waals surface area contributed by atoms with Gasteiger partial charge in [-0.25, -0.2) is 0 Å². The van der Waals surface area contributed by atoms with E-state index < -0.39 is 0 Å². The van der Waals surface area contributed by atoms with Gasteiger partial charge in [-0.15, -0.1) is 0 Å². The molecule has 0 fully saturated rings. The fraction of sp³-hybridized carbons (Fsp3) is 0.538. The topological polar surface area (TPSA) is 0 Å². The predicted octanol–water partition coefficient (Wildman–Crippen LogP) is 5.19. The van der Waals surface area contributed by atoms with Gasteiger partial charge >= 0.3 is 0 Å². The van der Waals surface area contributed by atoms with Gasteiger partial charge in [-0.3, -0.25) is 0 Å². The molecule has 1 atom stereocenters. The molecule has 0 aromatic heterocycles. The molecule has 0 heterocycles. The molecule has 0 radical (unpaired) electrons. The van der Waals surface area contributed by atoms with Gasteiger partial charge in [0.25, 0.3) is 0 Å². The van der Waals surface area contributed by atoms with Crippen LogP contribution in [-0.4, -0.2) is 4.83 Å². The lowest BCUT2D eigenvalue weighted by Gasteiger charge is -2.29. The molecule has 1 rings (SSSR count). The SMILES string of the molecule is CCC(C)(C)C(Br)Cc1cccc(Br)c1. The number of halogens is 2. The molecule has 0 bridgehead atoms. The van der Waals surface area contributed by atoms with Crippen molar-refractivity contribution in [3.05, 3.63) is 34.3 Å². The van der Waals surface area contributed by atoms with Crippen LogP contribution >= 0.6 is 31.9 Å². The van der Waals surface area contributed by atoms with Crippen LogP contribution in [0.25, 0.3) is 0 Å². The summed E-state index contributed by atoms with van der Waals surface area (Å²) in [6.07, 6.45) is 2.27. The van der Waals surface area contributed by atoms with Gasteiger partial charge in [0.1, 0.15) is 0 Å². The van der Waals surface area contributed by atoms with Gasteiger partial charge in [-0.05, 0) is 36.0 Å². The zero-order valence-corrected chi connectivity index (χ0v) is 12.7. The largest absolute Gasteiger partial charge is 0.0881 e. The summed E-state index contributed by atoms with van der Waals surface area (Å²) in [5.41, 5.74) is 1.73. The predicted molar refractivity (Wildman–Crippen MR) is 74.6 cm³/mol. The van der Waals surface area contributed by atoms with E-state index >= 15 is 0 Å². The van der Waals surface area contributed by atoms with Crippen LogP contribution in [0.4, 0.5) is 0 Å². The van der Waals surface area contributed by atoms with Crippen molar-refractivity contribution < 1.29 is 0 Å². The molecule has 0 aliphatic heterocycles. The average molecular weight is 334 g/mol. The van der Waals surface area contributed by atoms with Crippen LogP contribution in [0, 0.1) is 5.41 Å². The minimum absolute atomic E-state index is 0.350. The van der Waals surface area contributed by atoms with E-state index in [2.05, 4.69) is 76.9 Å². The Hall–Kier alpha value is 0.180. The minimum atomic E-state index is 0.350. The summed E-state index contributed by atoms with van der Waals surface area (Å²) in [4.78, 5) is 0.532. The van der Waals surface area contributed by atoms with Crippen molar-refractivity contribution >= 4 is 31.9 Å². The summed E-state index contributed by atoms with van der Waals surface area (Å²) in [5, 5.41) is 0. The summed E-state index contributed by atoms with van der Waals surface area (Å²) in [6, 6.07) is 8.54. The molecule has 84 valence electrons. The molecule has 0 aliphatic carbocycles. The van der Waals surface area contributed by atoms with Crippen molar-refractivity contribution in [1.29, 1.82) is 0 Å². The van der Waals surface area contributed by atoms with Crippen LogP contribution in [0.15, 0.2) is 28.7 Å². The summed E-state index contributed by atoms with van der Waals surface area (Å²) in [6.45, 7) is 6.87. The summed E-state index contributed by atoms with van der Waals surface area (Å²) >= 11 is 7.31. The highest BCUT2D eigenvalue weighted by Crippen LogP contribution is 2.33. The van der Waals surface area contributed by atoms with E-state index in [-0.39, 0.29) is 0 Å². The van der Waals surface area contributed by atoms with Gasteiger partial charge in [-0.2, -0.15) is 0 Å². The van der Waals surface area contributed by atoms with E-state index in [0.29, 0.717) is 10.2 Å². The molecule has 0 saturated carbocycles. The number of alkyl halides is 1. The van der Waals surface area contributed by atoms with Crippen LogP contribution in [-0.2, 0) is 6.42 Å². The van der Waals surface area contributed by atoms with E-state index in [1.54, 1.807) is 0 Å². The van der Waals surface area contributed by atoms with Gasteiger partial charge in [-0.1, -0.05) is 64.8 Å². The van der Waals surface area contributed by atoms with Gasteiger partial charge in [0.05, 0.1) is 0 Å². The van der Waals surface area contributed by atoms with Crippen molar-refractivity contribution in [3.63, 3.8) is 0 Å². The first-order valence-corrected chi connectivity index (χ1v) is 7.05. The van der Waals surface area contributed by atoms with E-state index in [9.17, 15) is 0 Å². The third-order valence-electron chi connectivity index (χ3n) is 3.06. The lowest BCUT2D eigenvalue weighted by molar-refractivity contribution is 0.340. The first-order valence-electron chi connectivity index (χ1n) is 5.34. The van der Waals surface area contributed by atoms with Crippen molar-refractivity contribution in [2.45, 2.75) is 38.4 Å². The highest BCUT2D eigenvalue weighted by atomic mass is 79.9. The van der Waals surface area contributed by atoms with Gasteiger partial charge in [0.15, 0.2) is 0 Å². The molecule has 0 aliphatic rings. The maximum absolute atomic E-state index is 3.81. The van der Waals surface area contributed by atoms with Crippen molar-refractivity contribution in [2.75, 3.05) is 0 Å². The lowest BCUT2D eigenvalue weighted by Crippen LogP contribution is -2.25. The highest BCUT2D eigenvalue weighted by molar-refractivity contribution is 9.10. The number of hydrogen-bond donors (Lipinski definition) is 0. The Morgan fingerprint density at radius 2 is 2.00 bits per heavy atom. The molecule has 2 heteroatoms. The van der Waals surface area contributed by atoms with Crippen molar-refractivity contribution in [3.8, 4) is 0 Å². The molecule has 0 nitrogen and oxygen atoms in total. The Labute approximate surface area is 110 Å². The number of hydrogen-bond acceptors (Lipinski definition) is 0. The Morgan fingerprint density at radius 1 is 1.33 bits per heavy atom. The number of rotatable bonds is 4. The molecule has 0 amide bonds. The molecular formula is C13H18Br2. The average Bonchev–Trinajstić information content (AvgIpc) is 2.17. The van der Waals surface area contributed by atoms with E-state index in [1.807, 2.05) is 0 Å². The summed E-state index contributed by atoms with van der Waals surface area (Å²) in [5.74, 6) is 0. The first kappa shape index (κ1) is 13.2. The van der Waals surface area contributed by atoms with Gasteiger partial charge in [0, 0.05) is 9.30 Å². The highest BCUT2D eigenvalue weighted by Gasteiger charge is 2.25. The van der Waals surface area contributed by atoms with Gasteiger partial charge in [0.2, 0.25) is 0 Å². The fourth-order valence-corrected chi connectivity index (χ4v) is 2.51. The molecular weight excluding hydrogens is 316 g/mol. The molecule has 1 aromatic carbocycles. The monoisotopic (exact) mass is 332 g/mol. The minimum Gasteiger partial charge on any atom is -0.0881 e. The third kappa shape index (κ3) is 3.92. The second-order valence-electron chi connectivity index (χ2n) is 4.64. The Balaban J connectivity index is 2.70. The fourth-order valence-electron chi connectivity index (χ4n) is 1.37. The molecule has 15 heavy (non-hydrogen) atoms. The standard InChI is InChI=1S/C13H18Br2/c1-4-13(2,3)12(15)9-10-6-5-7-11(14)8-10/h5-8,12H,4,9H2,1-3H3. The Kier molecular flexibility index (Phi) is 4.85. The summed E-state index contributed by atoms with van der Waals surface area (Å²) in [7, 11) is 0. The molecule has 1 aromatic rings. The van der Waals surface area contributed by atoms with E-state index in [0.717, 1.165) is 10.9 Å². The normalized spacial score (nSPS) is 13.9. The van der Waals surface area contributed by atoms with Crippen molar-refractivity contribution in [1.82, 2.24) is 0 Å². The van der Waals surface area contributed by atoms with E-state index in [4.69, 9.17) is 0 Å².